The summed E-state index contributed by atoms with van der Waals surface area (Å²) in [5.41, 5.74) is 1.02. The maximum Gasteiger partial charge on any atom is 0.240 e. The third kappa shape index (κ3) is 5.31. The lowest BCUT2D eigenvalue weighted by Gasteiger charge is -2.11. The summed E-state index contributed by atoms with van der Waals surface area (Å²) >= 11 is 0. The van der Waals surface area contributed by atoms with Crippen molar-refractivity contribution >= 4 is 5.91 Å². The van der Waals surface area contributed by atoms with E-state index in [1.807, 2.05) is 17.7 Å². The van der Waals surface area contributed by atoms with Crippen LogP contribution in [-0.2, 0) is 17.8 Å². The molecule has 0 bridgehead atoms. The molecule has 1 unspecified atom stereocenters. The molecule has 102 valence electrons. The summed E-state index contributed by atoms with van der Waals surface area (Å²) in [4.78, 5) is 16.0. The fraction of sp³-hybridized carbons (Fsp3) is 0.692. The van der Waals surface area contributed by atoms with E-state index >= 15 is 0 Å². The zero-order chi connectivity index (χ0) is 13.4. The Balaban J connectivity index is 2.36. The van der Waals surface area contributed by atoms with E-state index in [1.54, 1.807) is 6.33 Å². The van der Waals surface area contributed by atoms with Crippen LogP contribution in [0.5, 0.6) is 0 Å². The van der Waals surface area contributed by atoms with E-state index in [2.05, 4.69) is 29.5 Å². The Bertz CT molecular complexity index is 362. The zero-order valence-electron chi connectivity index (χ0n) is 11.6. The molecule has 18 heavy (non-hydrogen) atoms. The second-order valence-corrected chi connectivity index (χ2v) is 4.52. The Labute approximate surface area is 109 Å². The molecule has 5 heteroatoms. The normalized spacial score (nSPS) is 12.4. The van der Waals surface area contributed by atoms with Gasteiger partial charge in [-0.15, -0.1) is 0 Å². The third-order valence-corrected chi connectivity index (χ3v) is 2.84. The van der Waals surface area contributed by atoms with Crippen molar-refractivity contribution in [3.63, 3.8) is 0 Å². The number of rotatable bonds is 8. The number of imidazole rings is 1. The average Bonchev–Trinajstić information content (AvgIpc) is 2.76. The number of nitrogens with one attached hydrogen (secondary N) is 2. The Morgan fingerprint density at radius 3 is 2.94 bits per heavy atom. The standard InChI is InChI=1S/C13H24N4O/c1-4-11(3)16-13(18)9-17-8-12(15-10-17)6-7-14-5-2/h8,10-11,14H,4-7,9H2,1-3H3,(H,16,18). The van der Waals surface area contributed by atoms with Gasteiger partial charge >= 0.3 is 0 Å². The lowest BCUT2D eigenvalue weighted by Crippen LogP contribution is -2.34. The molecular weight excluding hydrogens is 228 g/mol. The number of likely N-dealkylation sites (N-methyl/N-ethyl adjacent to an activating group) is 1. The first kappa shape index (κ1) is 14.7. The highest BCUT2D eigenvalue weighted by Gasteiger charge is 2.07. The lowest BCUT2D eigenvalue weighted by molar-refractivity contribution is -0.122. The molecule has 0 saturated carbocycles. The van der Waals surface area contributed by atoms with Gasteiger partial charge in [-0.3, -0.25) is 4.79 Å². The van der Waals surface area contributed by atoms with Crippen LogP contribution in [0.4, 0.5) is 0 Å². The zero-order valence-corrected chi connectivity index (χ0v) is 11.6. The molecule has 1 atom stereocenters. The van der Waals surface area contributed by atoms with Crippen LogP contribution >= 0.6 is 0 Å². The fourth-order valence-electron chi connectivity index (χ4n) is 1.60. The highest BCUT2D eigenvalue weighted by atomic mass is 16.2. The molecule has 0 aliphatic rings. The lowest BCUT2D eigenvalue weighted by atomic mass is 10.2. The van der Waals surface area contributed by atoms with E-state index in [-0.39, 0.29) is 11.9 Å². The molecular formula is C13H24N4O. The number of carbonyl (C=O) groups is 1. The monoisotopic (exact) mass is 252 g/mol. The van der Waals surface area contributed by atoms with Gasteiger partial charge in [-0.05, 0) is 19.9 Å². The van der Waals surface area contributed by atoms with Gasteiger partial charge < -0.3 is 15.2 Å². The highest BCUT2D eigenvalue weighted by molar-refractivity contribution is 5.75. The minimum atomic E-state index is 0.0417. The SMILES string of the molecule is CCNCCc1cn(CC(=O)NC(C)CC)cn1. The van der Waals surface area contributed by atoms with Gasteiger partial charge in [0.25, 0.3) is 0 Å². The number of hydrogen-bond donors (Lipinski definition) is 2. The topological polar surface area (TPSA) is 59.0 Å². The predicted octanol–water partition coefficient (Wildman–Crippen LogP) is 0.950. The molecule has 0 aliphatic heterocycles. The molecule has 0 fully saturated rings. The minimum absolute atomic E-state index is 0.0417. The Kier molecular flexibility index (Phi) is 6.43. The first-order valence-electron chi connectivity index (χ1n) is 6.66. The third-order valence-electron chi connectivity index (χ3n) is 2.84. The van der Waals surface area contributed by atoms with E-state index in [0.717, 1.165) is 31.6 Å². The number of nitrogens with zero attached hydrogens (tertiary/aromatic N) is 2. The predicted molar refractivity (Wildman–Crippen MR) is 72.4 cm³/mol. The molecule has 1 amide bonds. The van der Waals surface area contributed by atoms with Crippen LogP contribution in [0, 0.1) is 0 Å². The van der Waals surface area contributed by atoms with Crippen molar-refractivity contribution in [2.45, 2.75) is 46.2 Å². The molecule has 0 saturated heterocycles. The second kappa shape index (κ2) is 7.87. The van der Waals surface area contributed by atoms with Gasteiger partial charge in [-0.25, -0.2) is 4.98 Å². The summed E-state index contributed by atoms with van der Waals surface area (Å²) in [6.07, 6.45) is 5.50. The van der Waals surface area contributed by atoms with Crippen molar-refractivity contribution in [3.8, 4) is 0 Å². The van der Waals surface area contributed by atoms with E-state index in [4.69, 9.17) is 0 Å². The van der Waals surface area contributed by atoms with Gasteiger partial charge in [0.15, 0.2) is 0 Å². The summed E-state index contributed by atoms with van der Waals surface area (Å²) < 4.78 is 1.83. The quantitative estimate of drug-likeness (QED) is 0.677. The van der Waals surface area contributed by atoms with E-state index in [1.165, 1.54) is 0 Å². The molecule has 1 heterocycles. The number of amides is 1. The van der Waals surface area contributed by atoms with Gasteiger partial charge in [0.05, 0.1) is 12.0 Å². The van der Waals surface area contributed by atoms with Crippen molar-refractivity contribution < 1.29 is 4.79 Å². The summed E-state index contributed by atoms with van der Waals surface area (Å²) in [7, 11) is 0. The van der Waals surface area contributed by atoms with Crippen LogP contribution in [0.25, 0.3) is 0 Å². The van der Waals surface area contributed by atoms with Crippen LogP contribution in [0.3, 0.4) is 0 Å². The van der Waals surface area contributed by atoms with Crippen LogP contribution in [0.2, 0.25) is 0 Å². The van der Waals surface area contributed by atoms with E-state index < -0.39 is 0 Å². The van der Waals surface area contributed by atoms with Crippen LogP contribution in [0.15, 0.2) is 12.5 Å². The first-order chi connectivity index (χ1) is 8.65. The molecule has 1 aromatic heterocycles. The summed E-state index contributed by atoms with van der Waals surface area (Å²) in [5, 5.41) is 6.19. The molecule has 1 aromatic rings. The Morgan fingerprint density at radius 1 is 1.50 bits per heavy atom. The van der Waals surface area contributed by atoms with Gasteiger partial charge in [0.2, 0.25) is 5.91 Å². The summed E-state index contributed by atoms with van der Waals surface area (Å²) in [6.45, 7) is 8.38. The number of carbonyl (C=O) groups excluding carboxylic acids is 1. The molecule has 2 N–H and O–H groups in total. The second-order valence-electron chi connectivity index (χ2n) is 4.52. The number of aromatic nitrogens is 2. The minimum Gasteiger partial charge on any atom is -0.352 e. The van der Waals surface area contributed by atoms with E-state index in [0.29, 0.717) is 6.54 Å². The number of hydrogen-bond acceptors (Lipinski definition) is 3. The van der Waals surface area contributed by atoms with Gasteiger partial charge in [-0.1, -0.05) is 13.8 Å². The smallest absolute Gasteiger partial charge is 0.240 e. The van der Waals surface area contributed by atoms with Crippen LogP contribution < -0.4 is 10.6 Å². The summed E-state index contributed by atoms with van der Waals surface area (Å²) in [5.74, 6) is 0.0417. The van der Waals surface area contributed by atoms with Crippen molar-refractivity contribution in [1.82, 2.24) is 20.2 Å². The molecule has 0 aromatic carbocycles. The largest absolute Gasteiger partial charge is 0.352 e. The van der Waals surface area contributed by atoms with Crippen molar-refractivity contribution in [2.75, 3.05) is 13.1 Å². The highest BCUT2D eigenvalue weighted by Crippen LogP contribution is 1.97. The Morgan fingerprint density at radius 2 is 2.28 bits per heavy atom. The molecule has 0 spiro atoms. The maximum absolute atomic E-state index is 11.7. The van der Waals surface area contributed by atoms with E-state index in [9.17, 15) is 4.79 Å². The summed E-state index contributed by atoms with van der Waals surface area (Å²) in [6, 6.07) is 0.231. The molecule has 0 radical (unpaired) electrons. The molecule has 1 rings (SSSR count). The van der Waals surface area contributed by atoms with Crippen LogP contribution in [0.1, 0.15) is 32.9 Å². The van der Waals surface area contributed by atoms with Crippen molar-refractivity contribution in [2.24, 2.45) is 0 Å². The average molecular weight is 252 g/mol. The maximum atomic E-state index is 11.7. The molecule has 0 aliphatic carbocycles. The fourth-order valence-corrected chi connectivity index (χ4v) is 1.60. The molecule has 5 nitrogen and oxygen atoms in total. The van der Waals surface area contributed by atoms with Crippen molar-refractivity contribution in [3.05, 3.63) is 18.2 Å². The van der Waals surface area contributed by atoms with Crippen LogP contribution in [-0.4, -0.2) is 34.6 Å². The van der Waals surface area contributed by atoms with Gasteiger partial charge in [0, 0.05) is 25.2 Å². The van der Waals surface area contributed by atoms with Gasteiger partial charge in [0.1, 0.15) is 6.54 Å². The van der Waals surface area contributed by atoms with Gasteiger partial charge in [-0.2, -0.15) is 0 Å². The van der Waals surface area contributed by atoms with Crippen molar-refractivity contribution in [1.29, 1.82) is 0 Å². The first-order valence-corrected chi connectivity index (χ1v) is 6.66. The Hall–Kier alpha value is -1.36.